The molecule has 37 heavy (non-hydrogen) atoms. The molecule has 0 saturated carbocycles. The van der Waals surface area contributed by atoms with E-state index in [9.17, 15) is 4.21 Å². The zero-order valence-electron chi connectivity index (χ0n) is 22.8. The topological polar surface area (TPSA) is 35.5 Å². The maximum Gasteiger partial charge on any atom is 0.410 e. The summed E-state index contributed by atoms with van der Waals surface area (Å²) in [7, 11) is -4.23. The van der Waals surface area contributed by atoms with Crippen molar-refractivity contribution in [3.05, 3.63) is 90.5 Å². The van der Waals surface area contributed by atoms with E-state index in [1.54, 1.807) is 0 Å². The molecule has 0 saturated heterocycles. The van der Waals surface area contributed by atoms with Crippen molar-refractivity contribution in [2.24, 2.45) is 0 Å². The van der Waals surface area contributed by atoms with E-state index in [-0.39, 0.29) is 16.2 Å². The largest absolute Gasteiger partial charge is 0.519 e. The average Bonchev–Trinajstić information content (AvgIpc) is 2.87. The van der Waals surface area contributed by atoms with Gasteiger partial charge in [0.15, 0.2) is 0 Å². The fraction of sp³-hybridized carbons (Fsp3) is 0.312. The molecule has 1 aliphatic heterocycles. The van der Waals surface area contributed by atoms with Crippen LogP contribution in [-0.4, -0.2) is 12.8 Å². The van der Waals surface area contributed by atoms with Crippen LogP contribution < -0.4 is 4.43 Å². The molecule has 2 atom stereocenters. The lowest BCUT2D eigenvalue weighted by atomic mass is 9.91. The van der Waals surface area contributed by atoms with E-state index in [4.69, 9.17) is 8.85 Å². The van der Waals surface area contributed by atoms with Crippen molar-refractivity contribution in [3.8, 4) is 16.9 Å². The van der Waals surface area contributed by atoms with Crippen LogP contribution in [0.25, 0.3) is 21.9 Å². The van der Waals surface area contributed by atoms with Gasteiger partial charge in [-0.3, -0.25) is 0 Å². The van der Waals surface area contributed by atoms with E-state index in [0.717, 1.165) is 43.0 Å². The maximum atomic E-state index is 14.3. The minimum absolute atomic E-state index is 0.170. The summed E-state index contributed by atoms with van der Waals surface area (Å²) in [4.78, 5) is 1.59. The van der Waals surface area contributed by atoms with E-state index in [0.29, 0.717) is 0 Å². The molecular formula is C32H36O3SSi. The van der Waals surface area contributed by atoms with Crippen LogP contribution in [0.5, 0.6) is 5.75 Å². The van der Waals surface area contributed by atoms with E-state index < -0.39 is 19.4 Å². The highest BCUT2D eigenvalue weighted by atomic mass is 32.2. The predicted octanol–water partition coefficient (Wildman–Crippen LogP) is 9.19. The van der Waals surface area contributed by atoms with Crippen LogP contribution in [-0.2, 0) is 15.2 Å². The lowest BCUT2D eigenvalue weighted by Crippen LogP contribution is -2.61. The highest BCUT2D eigenvalue weighted by molar-refractivity contribution is 7.85. The Bertz CT molecular complexity index is 1450. The number of rotatable bonds is 3. The summed E-state index contributed by atoms with van der Waals surface area (Å²) in [6.45, 7) is 15.6. The van der Waals surface area contributed by atoms with Gasteiger partial charge in [0, 0.05) is 36.9 Å². The van der Waals surface area contributed by atoms with Gasteiger partial charge in [0.2, 0.25) is 0 Å². The number of fused-ring (bicyclic) bond motifs is 3. The van der Waals surface area contributed by atoms with E-state index >= 15 is 0 Å². The molecule has 0 aromatic heterocycles. The molecule has 0 spiro atoms. The number of benzene rings is 4. The SMILES string of the molecule is CC1O[Si](C(C)(C)C)(C(C)(C)C)Oc2c1c(-c1ccccc1)c(S(=O)c1ccccc1)c1ccccc21. The Labute approximate surface area is 224 Å². The monoisotopic (exact) mass is 528 g/mol. The quantitative estimate of drug-likeness (QED) is 0.249. The normalized spacial score (nSPS) is 18.2. The minimum Gasteiger partial charge on any atom is -0.519 e. The van der Waals surface area contributed by atoms with Crippen molar-refractivity contribution in [2.75, 3.05) is 0 Å². The van der Waals surface area contributed by atoms with Crippen molar-refractivity contribution in [3.63, 3.8) is 0 Å². The first-order valence-electron chi connectivity index (χ1n) is 12.9. The van der Waals surface area contributed by atoms with E-state index in [1.165, 1.54) is 0 Å². The van der Waals surface area contributed by atoms with Gasteiger partial charge < -0.3 is 8.85 Å². The summed E-state index contributed by atoms with van der Waals surface area (Å²) in [6.07, 6.45) is -0.222. The van der Waals surface area contributed by atoms with Gasteiger partial charge in [-0.2, -0.15) is 0 Å². The first kappa shape index (κ1) is 25.9. The molecule has 4 aromatic carbocycles. The smallest absolute Gasteiger partial charge is 0.410 e. The first-order chi connectivity index (χ1) is 17.5. The molecule has 0 bridgehead atoms. The molecule has 1 aliphatic rings. The molecule has 5 heteroatoms. The van der Waals surface area contributed by atoms with Crippen LogP contribution in [0.4, 0.5) is 0 Å². The summed E-state index contributed by atoms with van der Waals surface area (Å²) in [5.74, 6) is 0.888. The van der Waals surface area contributed by atoms with Gasteiger partial charge in [-0.25, -0.2) is 4.21 Å². The van der Waals surface area contributed by atoms with Crippen molar-refractivity contribution in [1.82, 2.24) is 0 Å². The Kier molecular flexibility index (Phi) is 6.46. The van der Waals surface area contributed by atoms with Crippen LogP contribution in [0, 0.1) is 0 Å². The maximum absolute atomic E-state index is 14.3. The highest BCUT2D eigenvalue weighted by Crippen LogP contribution is 2.60. The van der Waals surface area contributed by atoms with Gasteiger partial charge >= 0.3 is 8.56 Å². The molecule has 0 amide bonds. The standard InChI is InChI=1S/C32H36O3SSi/c1-22-27-28(23-16-10-8-11-17-23)30(36(33)24-18-12-9-13-19-24)26-21-15-14-20-25(26)29(27)35-37(34-22,31(2,3)4)32(5,6)7/h8-22H,1-7H3. The lowest BCUT2D eigenvalue weighted by Gasteiger charge is -2.53. The third kappa shape index (κ3) is 4.17. The van der Waals surface area contributed by atoms with Crippen molar-refractivity contribution >= 4 is 30.1 Å². The minimum atomic E-state index is -2.83. The van der Waals surface area contributed by atoms with Gasteiger partial charge in [0.1, 0.15) is 5.75 Å². The second-order valence-corrected chi connectivity index (χ2v) is 18.0. The Hall–Kier alpha value is -2.73. The van der Waals surface area contributed by atoms with Crippen LogP contribution in [0.3, 0.4) is 0 Å². The second-order valence-electron chi connectivity index (χ2n) is 11.9. The van der Waals surface area contributed by atoms with Gasteiger partial charge in [0.25, 0.3) is 0 Å². The molecule has 3 nitrogen and oxygen atoms in total. The van der Waals surface area contributed by atoms with Crippen molar-refractivity contribution in [2.45, 2.75) is 74.4 Å². The molecule has 0 aliphatic carbocycles. The van der Waals surface area contributed by atoms with Gasteiger partial charge in [-0.1, -0.05) is 114 Å². The summed E-state index contributed by atoms with van der Waals surface area (Å²) in [6, 6.07) is 28.2. The van der Waals surface area contributed by atoms with Crippen LogP contribution in [0.15, 0.2) is 94.7 Å². The number of hydrogen-bond donors (Lipinski definition) is 0. The summed E-state index contributed by atoms with van der Waals surface area (Å²) in [5, 5.41) is 1.62. The molecule has 0 fully saturated rings. The van der Waals surface area contributed by atoms with E-state index in [2.05, 4.69) is 72.7 Å². The van der Waals surface area contributed by atoms with Gasteiger partial charge in [-0.05, 0) is 24.6 Å². The summed E-state index contributed by atoms with van der Waals surface area (Å²) < 4.78 is 28.7. The van der Waals surface area contributed by atoms with Gasteiger partial charge in [0.05, 0.1) is 21.8 Å². The molecule has 192 valence electrons. The van der Waals surface area contributed by atoms with Crippen LogP contribution in [0.2, 0.25) is 10.1 Å². The molecule has 0 N–H and O–H groups in total. The molecule has 0 radical (unpaired) electrons. The molecule has 5 rings (SSSR count). The predicted molar refractivity (Wildman–Crippen MR) is 156 cm³/mol. The molecular weight excluding hydrogens is 493 g/mol. The zero-order chi connectivity index (χ0) is 26.6. The zero-order valence-corrected chi connectivity index (χ0v) is 24.6. The van der Waals surface area contributed by atoms with Crippen molar-refractivity contribution in [1.29, 1.82) is 0 Å². The van der Waals surface area contributed by atoms with E-state index in [1.807, 2.05) is 60.7 Å². The highest BCUT2D eigenvalue weighted by Gasteiger charge is 2.63. The number of hydrogen-bond acceptors (Lipinski definition) is 3. The summed E-state index contributed by atoms with van der Waals surface area (Å²) in [5.41, 5.74) is 2.96. The Morgan fingerprint density at radius 3 is 1.81 bits per heavy atom. The summed E-state index contributed by atoms with van der Waals surface area (Å²) >= 11 is 0. The van der Waals surface area contributed by atoms with Crippen molar-refractivity contribution < 1.29 is 13.1 Å². The molecule has 2 unspecified atom stereocenters. The lowest BCUT2D eigenvalue weighted by molar-refractivity contribution is 0.110. The Morgan fingerprint density at radius 1 is 0.730 bits per heavy atom. The molecule has 1 heterocycles. The second kappa shape index (κ2) is 9.23. The van der Waals surface area contributed by atoms with Crippen LogP contribution >= 0.6 is 0 Å². The third-order valence-corrected chi connectivity index (χ3v) is 14.0. The molecule has 4 aromatic rings. The fourth-order valence-electron chi connectivity index (χ4n) is 5.90. The average molecular weight is 529 g/mol. The fourth-order valence-corrected chi connectivity index (χ4v) is 12.1. The first-order valence-corrected chi connectivity index (χ1v) is 15.9. The van der Waals surface area contributed by atoms with Gasteiger partial charge in [-0.15, -0.1) is 0 Å². The Balaban J connectivity index is 1.92. The Morgan fingerprint density at radius 2 is 1.24 bits per heavy atom. The third-order valence-electron chi connectivity index (χ3n) is 7.33. The van der Waals surface area contributed by atoms with Crippen LogP contribution in [0.1, 0.15) is 60.1 Å².